The van der Waals surface area contributed by atoms with Crippen LogP contribution in [0.3, 0.4) is 0 Å². The normalized spacial score (nSPS) is 10.1. The van der Waals surface area contributed by atoms with Gasteiger partial charge in [0.25, 0.3) is 0 Å². The predicted molar refractivity (Wildman–Crippen MR) is 87.7 cm³/mol. The predicted octanol–water partition coefficient (Wildman–Crippen LogP) is 3.92. The fourth-order valence-electron chi connectivity index (χ4n) is 1.97. The minimum atomic E-state index is -0.518. The van der Waals surface area contributed by atoms with Gasteiger partial charge in [0, 0.05) is 6.54 Å². The van der Waals surface area contributed by atoms with Crippen LogP contribution in [0.4, 0.5) is 4.79 Å². The number of hydrogen-bond donors (Lipinski definition) is 0. The Morgan fingerprint density at radius 3 is 2.23 bits per heavy atom. The van der Waals surface area contributed by atoms with E-state index in [0.717, 1.165) is 12.8 Å². The monoisotopic (exact) mass is 313 g/mol. The summed E-state index contributed by atoms with van der Waals surface area (Å²) in [5.74, 6) is -0.386. The Bertz CT molecular complexity index is 318. The Hall–Kier alpha value is -1.52. The van der Waals surface area contributed by atoms with Crippen LogP contribution in [0.15, 0.2) is 12.7 Å². The van der Waals surface area contributed by atoms with Gasteiger partial charge in [0.15, 0.2) is 0 Å². The first-order valence-corrected chi connectivity index (χ1v) is 8.33. The van der Waals surface area contributed by atoms with Gasteiger partial charge in [0.2, 0.25) is 0 Å². The Kier molecular flexibility index (Phi) is 13.4. The molecular formula is C17H31NO4. The van der Waals surface area contributed by atoms with E-state index >= 15 is 0 Å². The minimum Gasteiger partial charge on any atom is -0.464 e. The first-order valence-electron chi connectivity index (χ1n) is 8.33. The maximum absolute atomic E-state index is 11.7. The van der Waals surface area contributed by atoms with Crippen molar-refractivity contribution in [1.82, 2.24) is 4.90 Å². The van der Waals surface area contributed by atoms with Crippen LogP contribution in [0.5, 0.6) is 0 Å². The third kappa shape index (κ3) is 11.2. The van der Waals surface area contributed by atoms with Gasteiger partial charge in [-0.05, 0) is 13.3 Å². The summed E-state index contributed by atoms with van der Waals surface area (Å²) < 4.78 is 10.0. The number of ether oxygens (including phenoxy) is 2. The van der Waals surface area contributed by atoms with Gasteiger partial charge in [-0.1, -0.05) is 58.1 Å². The van der Waals surface area contributed by atoms with Crippen molar-refractivity contribution in [2.45, 2.75) is 58.8 Å². The Labute approximate surface area is 134 Å². The SMILES string of the molecule is C=CCOC(=O)N(CC)CC(=O)OCCCCCCCCC. The maximum Gasteiger partial charge on any atom is 0.410 e. The highest BCUT2D eigenvalue weighted by molar-refractivity contribution is 5.78. The molecule has 0 heterocycles. The van der Waals surface area contributed by atoms with Crippen LogP contribution >= 0.6 is 0 Å². The average molecular weight is 313 g/mol. The first kappa shape index (κ1) is 20.5. The highest BCUT2D eigenvalue weighted by Crippen LogP contribution is 2.07. The van der Waals surface area contributed by atoms with Crippen molar-refractivity contribution in [1.29, 1.82) is 0 Å². The number of rotatable bonds is 13. The van der Waals surface area contributed by atoms with Crippen LogP contribution < -0.4 is 0 Å². The Morgan fingerprint density at radius 1 is 1.00 bits per heavy atom. The van der Waals surface area contributed by atoms with E-state index in [2.05, 4.69) is 13.5 Å². The largest absolute Gasteiger partial charge is 0.464 e. The second-order valence-corrected chi connectivity index (χ2v) is 5.22. The van der Waals surface area contributed by atoms with Gasteiger partial charge in [0.05, 0.1) is 6.61 Å². The average Bonchev–Trinajstić information content (AvgIpc) is 2.52. The highest BCUT2D eigenvalue weighted by atomic mass is 16.6. The molecule has 22 heavy (non-hydrogen) atoms. The molecule has 5 heteroatoms. The van der Waals surface area contributed by atoms with E-state index < -0.39 is 6.09 Å². The molecule has 5 nitrogen and oxygen atoms in total. The smallest absolute Gasteiger partial charge is 0.410 e. The molecule has 0 saturated heterocycles. The van der Waals surface area contributed by atoms with Crippen LogP contribution in [0.1, 0.15) is 58.8 Å². The number of amides is 1. The summed E-state index contributed by atoms with van der Waals surface area (Å²) in [7, 11) is 0. The molecule has 0 aliphatic heterocycles. The summed E-state index contributed by atoms with van der Waals surface area (Å²) >= 11 is 0. The molecule has 128 valence electrons. The van der Waals surface area contributed by atoms with Crippen molar-refractivity contribution in [3.8, 4) is 0 Å². The topological polar surface area (TPSA) is 55.8 Å². The van der Waals surface area contributed by atoms with Crippen LogP contribution in [0.2, 0.25) is 0 Å². The summed E-state index contributed by atoms with van der Waals surface area (Å²) in [5, 5.41) is 0. The maximum atomic E-state index is 11.7. The number of likely N-dealkylation sites (N-methyl/N-ethyl adjacent to an activating group) is 1. The lowest BCUT2D eigenvalue weighted by molar-refractivity contribution is -0.144. The molecule has 0 atom stereocenters. The van der Waals surface area contributed by atoms with Crippen LogP contribution in [-0.2, 0) is 14.3 Å². The number of hydrogen-bond acceptors (Lipinski definition) is 4. The fourth-order valence-corrected chi connectivity index (χ4v) is 1.97. The van der Waals surface area contributed by atoms with Gasteiger partial charge in [-0.3, -0.25) is 9.69 Å². The second kappa shape index (κ2) is 14.4. The van der Waals surface area contributed by atoms with Crippen molar-refractivity contribution < 1.29 is 19.1 Å². The standard InChI is InChI=1S/C17H31NO4/c1-4-7-8-9-10-11-12-14-21-16(19)15-18(6-3)17(20)22-13-5-2/h5H,2,4,6-15H2,1,3H3. The van der Waals surface area contributed by atoms with Crippen molar-refractivity contribution in [3.05, 3.63) is 12.7 Å². The van der Waals surface area contributed by atoms with E-state index in [1.54, 1.807) is 6.92 Å². The zero-order chi connectivity index (χ0) is 16.6. The molecule has 0 unspecified atom stereocenters. The van der Waals surface area contributed by atoms with E-state index in [9.17, 15) is 9.59 Å². The number of unbranched alkanes of at least 4 members (excludes halogenated alkanes) is 6. The lowest BCUT2D eigenvalue weighted by Gasteiger charge is -2.18. The quantitative estimate of drug-likeness (QED) is 0.294. The second-order valence-electron chi connectivity index (χ2n) is 5.22. The van der Waals surface area contributed by atoms with E-state index in [1.807, 2.05) is 0 Å². The van der Waals surface area contributed by atoms with E-state index in [4.69, 9.17) is 9.47 Å². The lowest BCUT2D eigenvalue weighted by atomic mass is 10.1. The molecule has 0 spiro atoms. The molecular weight excluding hydrogens is 282 g/mol. The molecule has 0 aliphatic rings. The fraction of sp³-hybridized carbons (Fsp3) is 0.765. The lowest BCUT2D eigenvalue weighted by Crippen LogP contribution is -2.36. The Morgan fingerprint density at radius 2 is 1.64 bits per heavy atom. The summed E-state index contributed by atoms with van der Waals surface area (Å²) in [5.41, 5.74) is 0. The Balaban J connectivity index is 3.69. The van der Waals surface area contributed by atoms with E-state index in [-0.39, 0.29) is 19.1 Å². The van der Waals surface area contributed by atoms with Gasteiger partial charge in [-0.25, -0.2) is 4.79 Å². The van der Waals surface area contributed by atoms with Crippen LogP contribution in [0.25, 0.3) is 0 Å². The minimum absolute atomic E-state index is 0.0665. The molecule has 0 N–H and O–H groups in total. The third-order valence-corrected chi connectivity index (χ3v) is 3.30. The number of carbonyl (C=O) groups is 2. The zero-order valence-electron chi connectivity index (χ0n) is 14.1. The van der Waals surface area contributed by atoms with Crippen LogP contribution in [0, 0.1) is 0 Å². The molecule has 1 amide bonds. The van der Waals surface area contributed by atoms with Gasteiger partial charge in [-0.2, -0.15) is 0 Å². The summed E-state index contributed by atoms with van der Waals surface area (Å²) in [4.78, 5) is 24.6. The van der Waals surface area contributed by atoms with E-state index in [0.29, 0.717) is 13.2 Å². The van der Waals surface area contributed by atoms with E-state index in [1.165, 1.54) is 43.1 Å². The van der Waals surface area contributed by atoms with Crippen molar-refractivity contribution in [2.24, 2.45) is 0 Å². The third-order valence-electron chi connectivity index (χ3n) is 3.30. The van der Waals surface area contributed by atoms with Crippen LogP contribution in [-0.4, -0.2) is 43.3 Å². The molecule has 0 rings (SSSR count). The number of carbonyl (C=O) groups excluding carboxylic acids is 2. The van der Waals surface area contributed by atoms with Gasteiger partial charge in [0.1, 0.15) is 13.2 Å². The van der Waals surface area contributed by atoms with Gasteiger partial charge >= 0.3 is 12.1 Å². The number of esters is 1. The van der Waals surface area contributed by atoms with Crippen molar-refractivity contribution >= 4 is 12.1 Å². The summed E-state index contributed by atoms with van der Waals surface area (Å²) in [6, 6.07) is 0. The van der Waals surface area contributed by atoms with Gasteiger partial charge < -0.3 is 9.47 Å². The first-order chi connectivity index (χ1) is 10.7. The molecule has 0 aromatic carbocycles. The van der Waals surface area contributed by atoms with Gasteiger partial charge in [-0.15, -0.1) is 0 Å². The zero-order valence-corrected chi connectivity index (χ0v) is 14.1. The molecule has 0 saturated carbocycles. The molecule has 0 radical (unpaired) electrons. The highest BCUT2D eigenvalue weighted by Gasteiger charge is 2.17. The summed E-state index contributed by atoms with van der Waals surface area (Å²) in [6.07, 6.45) is 9.20. The molecule has 0 fully saturated rings. The molecule has 0 aliphatic carbocycles. The van der Waals surface area contributed by atoms with Crippen molar-refractivity contribution in [3.63, 3.8) is 0 Å². The number of nitrogens with zero attached hydrogens (tertiary/aromatic N) is 1. The van der Waals surface area contributed by atoms with Crippen molar-refractivity contribution in [2.75, 3.05) is 26.3 Å². The molecule has 0 bridgehead atoms. The summed E-state index contributed by atoms with van der Waals surface area (Å²) in [6.45, 7) is 8.37. The molecule has 0 aromatic heterocycles. The molecule has 0 aromatic rings.